The third-order valence-corrected chi connectivity index (χ3v) is 8.75. The minimum absolute atomic E-state index is 0.0532. The predicted molar refractivity (Wildman–Crippen MR) is 117 cm³/mol. The van der Waals surface area contributed by atoms with Gasteiger partial charge in [0.2, 0.25) is 5.78 Å². The number of esters is 1. The van der Waals surface area contributed by atoms with Crippen LogP contribution in [0.5, 0.6) is 0 Å². The summed E-state index contributed by atoms with van der Waals surface area (Å²) in [4.78, 5) is 37.0. The summed E-state index contributed by atoms with van der Waals surface area (Å²) in [5.74, 6) is -2.14. The number of hydrogen-bond acceptors (Lipinski definition) is 6. The average Bonchev–Trinajstić information content (AvgIpc) is 3.13. The van der Waals surface area contributed by atoms with Gasteiger partial charge in [-0.05, 0) is 69.6 Å². The Morgan fingerprint density at radius 3 is 2.61 bits per heavy atom. The van der Waals surface area contributed by atoms with Gasteiger partial charge in [0.1, 0.15) is 6.17 Å². The lowest BCUT2D eigenvalue weighted by Crippen LogP contribution is -2.60. The van der Waals surface area contributed by atoms with Crippen LogP contribution >= 0.6 is 0 Å². The van der Waals surface area contributed by atoms with Crippen molar-refractivity contribution in [2.45, 2.75) is 77.5 Å². The first-order chi connectivity index (χ1) is 15.3. The van der Waals surface area contributed by atoms with Crippen LogP contribution in [0.15, 0.2) is 35.5 Å². The van der Waals surface area contributed by atoms with Crippen molar-refractivity contribution in [3.63, 3.8) is 0 Å². The minimum atomic E-state index is -1.28. The van der Waals surface area contributed by atoms with E-state index in [2.05, 4.69) is 6.08 Å². The van der Waals surface area contributed by atoms with Crippen LogP contribution in [0, 0.1) is 22.7 Å². The SMILES string of the molecule is CC(=O)OCC(=O)[C@@]12OC(C)(C)O[C@@H]1C[C@H]1[C@@H]3C[C@H](F)C4=CC(=O)C=C[C@]4(C)C3=CC[C@@]12C. The number of halogens is 1. The Bertz CT molecular complexity index is 1040. The number of alkyl halides is 1. The van der Waals surface area contributed by atoms with Crippen LogP contribution in [0.1, 0.15) is 53.9 Å². The van der Waals surface area contributed by atoms with E-state index in [0.29, 0.717) is 18.4 Å². The molecule has 1 aliphatic heterocycles. The van der Waals surface area contributed by atoms with Gasteiger partial charge in [-0.3, -0.25) is 14.4 Å². The van der Waals surface area contributed by atoms with Gasteiger partial charge in [-0.2, -0.15) is 0 Å². The summed E-state index contributed by atoms with van der Waals surface area (Å²) < 4.78 is 33.2. The Kier molecular flexibility index (Phi) is 4.77. The van der Waals surface area contributed by atoms with Crippen LogP contribution in [0.4, 0.5) is 4.39 Å². The molecule has 2 saturated carbocycles. The standard InChI is InChI=1S/C26H31FO6/c1-14(28)31-13-21(30)26-22(32-23(2,3)33-26)12-18-16-11-20(27)19-10-15(29)6-8-24(19,4)17(16)7-9-25(18,26)5/h6-8,10,16,18,20,22H,9,11-13H2,1-5H3/t16-,18+,20+,22-,24-,25+,26-/m1/s1. The molecule has 7 heteroatoms. The number of rotatable bonds is 3. The van der Waals surface area contributed by atoms with Crippen LogP contribution in [-0.4, -0.2) is 47.8 Å². The average molecular weight is 459 g/mol. The molecule has 6 nitrogen and oxygen atoms in total. The topological polar surface area (TPSA) is 78.9 Å². The number of Topliss-reactive ketones (excluding diaryl/α,β-unsaturated/α-hetero) is 1. The van der Waals surface area contributed by atoms with Crippen molar-refractivity contribution in [1.82, 2.24) is 0 Å². The summed E-state index contributed by atoms with van der Waals surface area (Å²) in [7, 11) is 0. The second-order valence-electron chi connectivity index (χ2n) is 11.0. The molecule has 5 rings (SSSR count). The van der Waals surface area contributed by atoms with E-state index in [4.69, 9.17) is 14.2 Å². The Morgan fingerprint density at radius 2 is 1.91 bits per heavy atom. The third kappa shape index (κ3) is 2.94. The summed E-state index contributed by atoms with van der Waals surface area (Å²) in [5.41, 5.74) is -0.947. The number of ketones is 2. The van der Waals surface area contributed by atoms with Crippen LogP contribution in [0.2, 0.25) is 0 Å². The maximum absolute atomic E-state index is 15.5. The molecule has 7 atom stereocenters. The molecule has 0 unspecified atom stereocenters. The summed E-state index contributed by atoms with van der Waals surface area (Å²) in [6.45, 7) is 8.47. The maximum Gasteiger partial charge on any atom is 0.303 e. The molecular formula is C26H31FO6. The number of carbonyl (C=O) groups excluding carboxylic acids is 3. The van der Waals surface area contributed by atoms with Gasteiger partial charge in [-0.25, -0.2) is 4.39 Å². The molecule has 4 aliphatic carbocycles. The lowest BCUT2D eigenvalue weighted by atomic mass is 9.51. The molecule has 3 fully saturated rings. The number of hydrogen-bond donors (Lipinski definition) is 0. The lowest BCUT2D eigenvalue weighted by Gasteiger charge is -2.54. The van der Waals surface area contributed by atoms with Crippen LogP contribution in [0.25, 0.3) is 0 Å². The van der Waals surface area contributed by atoms with E-state index in [1.165, 1.54) is 19.1 Å². The first-order valence-electron chi connectivity index (χ1n) is 11.7. The molecule has 0 aromatic carbocycles. The molecule has 0 aromatic rings. The van der Waals surface area contributed by atoms with Crippen LogP contribution in [0.3, 0.4) is 0 Å². The quantitative estimate of drug-likeness (QED) is 0.473. The fourth-order valence-corrected chi connectivity index (χ4v) is 7.41. The zero-order valence-electron chi connectivity index (χ0n) is 19.8. The van der Waals surface area contributed by atoms with Crippen LogP contribution in [-0.2, 0) is 28.6 Å². The summed E-state index contributed by atoms with van der Waals surface area (Å²) >= 11 is 0. The molecule has 0 bridgehead atoms. The molecule has 178 valence electrons. The molecule has 0 radical (unpaired) electrons. The van der Waals surface area contributed by atoms with Gasteiger partial charge < -0.3 is 14.2 Å². The smallest absolute Gasteiger partial charge is 0.303 e. The van der Waals surface area contributed by atoms with Crippen molar-refractivity contribution < 1.29 is 33.0 Å². The molecule has 0 N–H and O–H groups in total. The van der Waals surface area contributed by atoms with E-state index in [-0.39, 0.29) is 36.4 Å². The fourth-order valence-electron chi connectivity index (χ4n) is 7.41. The highest BCUT2D eigenvalue weighted by Gasteiger charge is 2.75. The first-order valence-corrected chi connectivity index (χ1v) is 11.7. The van der Waals surface area contributed by atoms with Gasteiger partial charge >= 0.3 is 5.97 Å². The molecular weight excluding hydrogens is 427 g/mol. The minimum Gasteiger partial charge on any atom is -0.458 e. The molecule has 0 spiro atoms. The molecule has 5 aliphatic rings. The second kappa shape index (κ2) is 6.95. The van der Waals surface area contributed by atoms with E-state index >= 15 is 4.39 Å². The zero-order valence-corrected chi connectivity index (χ0v) is 19.8. The first kappa shape index (κ1) is 22.7. The Morgan fingerprint density at radius 1 is 1.18 bits per heavy atom. The Balaban J connectivity index is 1.59. The van der Waals surface area contributed by atoms with Gasteiger partial charge in [-0.15, -0.1) is 0 Å². The number of carbonyl (C=O) groups is 3. The largest absolute Gasteiger partial charge is 0.458 e. The monoisotopic (exact) mass is 458 g/mol. The maximum atomic E-state index is 15.5. The van der Waals surface area contributed by atoms with Crippen molar-refractivity contribution in [3.8, 4) is 0 Å². The van der Waals surface area contributed by atoms with Crippen molar-refractivity contribution in [2.75, 3.05) is 6.61 Å². The number of ether oxygens (including phenoxy) is 3. The number of fused-ring (bicyclic) bond motifs is 7. The number of allylic oxidation sites excluding steroid dienone is 6. The van der Waals surface area contributed by atoms with E-state index in [0.717, 1.165) is 5.57 Å². The third-order valence-electron chi connectivity index (χ3n) is 8.75. The Labute approximate surface area is 193 Å². The highest BCUT2D eigenvalue weighted by atomic mass is 19.1. The summed E-state index contributed by atoms with van der Waals surface area (Å²) in [6.07, 6.45) is 6.53. The molecule has 0 amide bonds. The second-order valence-corrected chi connectivity index (χ2v) is 11.0. The predicted octanol–water partition coefficient (Wildman–Crippen LogP) is 3.79. The van der Waals surface area contributed by atoms with Crippen molar-refractivity contribution in [2.24, 2.45) is 22.7 Å². The zero-order chi connectivity index (χ0) is 24.0. The molecule has 33 heavy (non-hydrogen) atoms. The van der Waals surface area contributed by atoms with Crippen molar-refractivity contribution in [3.05, 3.63) is 35.5 Å². The summed E-state index contributed by atoms with van der Waals surface area (Å²) in [6, 6.07) is 0. The van der Waals surface area contributed by atoms with Crippen molar-refractivity contribution >= 4 is 17.5 Å². The highest BCUT2D eigenvalue weighted by molar-refractivity contribution is 6.01. The molecule has 1 saturated heterocycles. The van der Waals surface area contributed by atoms with E-state index in [1.807, 2.05) is 19.9 Å². The van der Waals surface area contributed by atoms with E-state index < -0.39 is 40.5 Å². The van der Waals surface area contributed by atoms with Crippen molar-refractivity contribution in [1.29, 1.82) is 0 Å². The van der Waals surface area contributed by atoms with Gasteiger partial charge in [0.15, 0.2) is 23.8 Å². The summed E-state index contributed by atoms with van der Waals surface area (Å²) in [5, 5.41) is 0. The van der Waals surface area contributed by atoms with Gasteiger partial charge in [0.05, 0.1) is 6.10 Å². The van der Waals surface area contributed by atoms with Gasteiger partial charge in [0, 0.05) is 17.8 Å². The van der Waals surface area contributed by atoms with E-state index in [1.54, 1.807) is 13.8 Å². The fraction of sp³-hybridized carbons (Fsp3) is 0.654. The van der Waals surface area contributed by atoms with Gasteiger partial charge in [-0.1, -0.05) is 24.6 Å². The Hall–Kier alpha value is -2.12. The van der Waals surface area contributed by atoms with E-state index in [9.17, 15) is 14.4 Å². The van der Waals surface area contributed by atoms with Crippen LogP contribution < -0.4 is 0 Å². The highest BCUT2D eigenvalue weighted by Crippen LogP contribution is 2.69. The normalized spacial score (nSPS) is 44.7. The van der Waals surface area contributed by atoms with Gasteiger partial charge in [0.25, 0.3) is 0 Å². The molecule has 1 heterocycles. The lowest BCUT2D eigenvalue weighted by molar-refractivity contribution is -0.207. The molecule has 0 aromatic heterocycles.